The number of rotatable bonds is 4. The van der Waals surface area contributed by atoms with Gasteiger partial charge in [-0.3, -0.25) is 4.79 Å². The zero-order chi connectivity index (χ0) is 14.5. The topological polar surface area (TPSA) is 82.7 Å². The van der Waals surface area contributed by atoms with Crippen LogP contribution >= 0.6 is 0 Å². The molecule has 1 aliphatic rings. The summed E-state index contributed by atoms with van der Waals surface area (Å²) in [4.78, 5) is 23.7. The fraction of sp³-hybridized carbons (Fsp3) is 0.400. The van der Waals surface area contributed by atoms with Crippen LogP contribution in [0.15, 0.2) is 30.6 Å². The maximum absolute atomic E-state index is 12.1. The number of H-pyrrole nitrogens is 1. The number of carbonyl (C=O) groups is 1. The third-order valence-electron chi connectivity index (χ3n) is 3.73. The van der Waals surface area contributed by atoms with Crippen molar-refractivity contribution >= 4 is 5.91 Å². The summed E-state index contributed by atoms with van der Waals surface area (Å²) >= 11 is 0. The van der Waals surface area contributed by atoms with Gasteiger partial charge in [0.2, 0.25) is 0 Å². The molecule has 0 unspecified atom stereocenters. The molecule has 2 aromatic heterocycles. The lowest BCUT2D eigenvalue weighted by Gasteiger charge is -2.22. The summed E-state index contributed by atoms with van der Waals surface area (Å²) in [5, 5.41) is 6.16. The van der Waals surface area contributed by atoms with Crippen LogP contribution in [-0.4, -0.2) is 33.9 Å². The lowest BCUT2D eigenvalue weighted by atomic mass is 9.94. The molecule has 3 N–H and O–H groups in total. The van der Waals surface area contributed by atoms with Crippen LogP contribution in [0.4, 0.5) is 0 Å². The molecule has 6 nitrogen and oxygen atoms in total. The molecule has 0 atom stereocenters. The van der Waals surface area contributed by atoms with Crippen LogP contribution in [-0.2, 0) is 6.54 Å². The van der Waals surface area contributed by atoms with E-state index in [-0.39, 0.29) is 5.91 Å². The minimum atomic E-state index is -0.165. The molecule has 1 aliphatic heterocycles. The zero-order valence-electron chi connectivity index (χ0n) is 11.8. The molecule has 1 saturated heterocycles. The van der Waals surface area contributed by atoms with Gasteiger partial charge in [0.1, 0.15) is 11.5 Å². The van der Waals surface area contributed by atoms with E-state index in [0.717, 1.165) is 37.4 Å². The Labute approximate surface area is 123 Å². The first-order valence-corrected chi connectivity index (χ1v) is 7.27. The van der Waals surface area contributed by atoms with E-state index in [2.05, 4.69) is 25.6 Å². The SMILES string of the molecule is O=C(NCc1ncc[nH]1)c1cccc(C2CCNCC2)n1. The van der Waals surface area contributed by atoms with Crippen molar-refractivity contribution in [3.8, 4) is 0 Å². The number of carbonyl (C=O) groups excluding carboxylic acids is 1. The van der Waals surface area contributed by atoms with Crippen LogP contribution in [0.3, 0.4) is 0 Å². The number of nitrogens with one attached hydrogen (secondary N) is 3. The number of piperidine rings is 1. The first-order chi connectivity index (χ1) is 10.3. The van der Waals surface area contributed by atoms with Crippen LogP contribution in [0.1, 0.15) is 40.8 Å². The summed E-state index contributed by atoms with van der Waals surface area (Å²) in [6, 6.07) is 5.67. The maximum Gasteiger partial charge on any atom is 0.270 e. The number of nitrogens with zero attached hydrogens (tertiary/aromatic N) is 2. The monoisotopic (exact) mass is 285 g/mol. The van der Waals surface area contributed by atoms with E-state index in [1.165, 1.54) is 0 Å². The molecule has 110 valence electrons. The fourth-order valence-electron chi connectivity index (χ4n) is 2.57. The zero-order valence-corrected chi connectivity index (χ0v) is 11.8. The Hall–Kier alpha value is -2.21. The van der Waals surface area contributed by atoms with Gasteiger partial charge < -0.3 is 15.6 Å². The molecule has 3 rings (SSSR count). The highest BCUT2D eigenvalue weighted by molar-refractivity contribution is 5.92. The molecule has 3 heterocycles. The van der Waals surface area contributed by atoms with E-state index in [0.29, 0.717) is 18.2 Å². The van der Waals surface area contributed by atoms with Gasteiger partial charge in [-0.2, -0.15) is 0 Å². The van der Waals surface area contributed by atoms with Crippen molar-refractivity contribution in [3.63, 3.8) is 0 Å². The van der Waals surface area contributed by atoms with Crippen LogP contribution in [0.25, 0.3) is 0 Å². The number of aromatic nitrogens is 3. The van der Waals surface area contributed by atoms with Gasteiger partial charge >= 0.3 is 0 Å². The predicted octanol–water partition coefficient (Wildman–Crippen LogP) is 1.20. The standard InChI is InChI=1S/C15H19N5O/c21-15(19-10-14-17-8-9-18-14)13-3-1-2-12(20-13)11-4-6-16-7-5-11/h1-3,8-9,11,16H,4-7,10H2,(H,17,18)(H,19,21). The lowest BCUT2D eigenvalue weighted by molar-refractivity contribution is 0.0944. The Kier molecular flexibility index (Phi) is 4.25. The van der Waals surface area contributed by atoms with Crippen molar-refractivity contribution in [2.75, 3.05) is 13.1 Å². The maximum atomic E-state index is 12.1. The number of imidazole rings is 1. The van der Waals surface area contributed by atoms with Gasteiger partial charge in [0, 0.05) is 24.0 Å². The van der Waals surface area contributed by atoms with E-state index in [4.69, 9.17) is 0 Å². The molecule has 6 heteroatoms. The van der Waals surface area contributed by atoms with E-state index >= 15 is 0 Å². The molecule has 1 amide bonds. The van der Waals surface area contributed by atoms with E-state index < -0.39 is 0 Å². The van der Waals surface area contributed by atoms with E-state index in [1.807, 2.05) is 12.1 Å². The van der Waals surface area contributed by atoms with Crippen molar-refractivity contribution in [2.45, 2.75) is 25.3 Å². The highest BCUT2D eigenvalue weighted by Gasteiger charge is 2.17. The molecule has 21 heavy (non-hydrogen) atoms. The van der Waals surface area contributed by atoms with Crippen LogP contribution in [0.2, 0.25) is 0 Å². The predicted molar refractivity (Wildman–Crippen MR) is 78.8 cm³/mol. The van der Waals surface area contributed by atoms with E-state index in [9.17, 15) is 4.79 Å². The Morgan fingerprint density at radius 1 is 1.33 bits per heavy atom. The van der Waals surface area contributed by atoms with Gasteiger partial charge in [-0.05, 0) is 38.1 Å². The lowest BCUT2D eigenvalue weighted by Crippen LogP contribution is -2.28. The van der Waals surface area contributed by atoms with Crippen molar-refractivity contribution in [2.24, 2.45) is 0 Å². The van der Waals surface area contributed by atoms with Gasteiger partial charge in [0.25, 0.3) is 5.91 Å². The van der Waals surface area contributed by atoms with Gasteiger partial charge in [-0.1, -0.05) is 6.07 Å². The minimum Gasteiger partial charge on any atom is -0.347 e. The third-order valence-corrected chi connectivity index (χ3v) is 3.73. The van der Waals surface area contributed by atoms with Gasteiger partial charge in [-0.15, -0.1) is 0 Å². The molecular formula is C15H19N5O. The van der Waals surface area contributed by atoms with Crippen molar-refractivity contribution in [1.82, 2.24) is 25.6 Å². The highest BCUT2D eigenvalue weighted by atomic mass is 16.1. The molecule has 0 radical (unpaired) electrons. The smallest absolute Gasteiger partial charge is 0.270 e. The summed E-state index contributed by atoms with van der Waals surface area (Å²) in [6.45, 7) is 2.41. The summed E-state index contributed by atoms with van der Waals surface area (Å²) < 4.78 is 0. The number of hydrogen-bond donors (Lipinski definition) is 3. The summed E-state index contributed by atoms with van der Waals surface area (Å²) in [6.07, 6.45) is 5.55. The third kappa shape index (κ3) is 3.46. The first-order valence-electron chi connectivity index (χ1n) is 7.27. The van der Waals surface area contributed by atoms with Gasteiger partial charge in [0.15, 0.2) is 0 Å². The normalized spacial score (nSPS) is 15.8. The molecule has 0 aromatic carbocycles. The van der Waals surface area contributed by atoms with Crippen LogP contribution in [0.5, 0.6) is 0 Å². The molecule has 0 bridgehead atoms. The molecular weight excluding hydrogens is 266 g/mol. The largest absolute Gasteiger partial charge is 0.347 e. The quantitative estimate of drug-likeness (QED) is 0.788. The summed E-state index contributed by atoms with van der Waals surface area (Å²) in [5.41, 5.74) is 1.49. The first kappa shape index (κ1) is 13.8. The molecule has 2 aromatic rings. The summed E-state index contributed by atoms with van der Waals surface area (Å²) in [5.74, 6) is 1.02. The molecule has 0 saturated carbocycles. The van der Waals surface area contributed by atoms with Gasteiger partial charge in [0.05, 0.1) is 6.54 Å². The minimum absolute atomic E-state index is 0.165. The number of amides is 1. The second-order valence-corrected chi connectivity index (χ2v) is 5.19. The second kappa shape index (κ2) is 6.49. The average Bonchev–Trinajstić information content (AvgIpc) is 3.07. The fourth-order valence-corrected chi connectivity index (χ4v) is 2.57. The van der Waals surface area contributed by atoms with Crippen molar-refractivity contribution in [3.05, 3.63) is 47.8 Å². The number of hydrogen-bond acceptors (Lipinski definition) is 4. The second-order valence-electron chi connectivity index (χ2n) is 5.19. The van der Waals surface area contributed by atoms with Crippen LogP contribution < -0.4 is 10.6 Å². The molecule has 1 fully saturated rings. The molecule has 0 spiro atoms. The van der Waals surface area contributed by atoms with Crippen LogP contribution in [0, 0.1) is 0 Å². The Morgan fingerprint density at radius 2 is 2.19 bits per heavy atom. The Bertz CT molecular complexity index is 590. The van der Waals surface area contributed by atoms with Crippen molar-refractivity contribution < 1.29 is 4.79 Å². The Morgan fingerprint density at radius 3 is 2.95 bits per heavy atom. The van der Waals surface area contributed by atoms with E-state index in [1.54, 1.807) is 18.5 Å². The highest BCUT2D eigenvalue weighted by Crippen LogP contribution is 2.23. The molecule has 0 aliphatic carbocycles. The Balaban J connectivity index is 1.65. The average molecular weight is 285 g/mol. The number of pyridine rings is 1. The summed E-state index contributed by atoms with van der Waals surface area (Å²) in [7, 11) is 0. The van der Waals surface area contributed by atoms with Crippen molar-refractivity contribution in [1.29, 1.82) is 0 Å². The number of aromatic amines is 1. The van der Waals surface area contributed by atoms with Gasteiger partial charge in [-0.25, -0.2) is 9.97 Å².